The summed E-state index contributed by atoms with van der Waals surface area (Å²) in [5.41, 5.74) is 2.64. The maximum Gasteiger partial charge on any atom is 0.411 e. The molecule has 1 aromatic heterocycles. The number of benzene rings is 3. The first kappa shape index (κ1) is 29.2. The number of hydrogen-bond donors (Lipinski definition) is 3. The van der Waals surface area contributed by atoms with Gasteiger partial charge in [-0.3, -0.25) is 10.3 Å². The molecule has 0 saturated heterocycles. The predicted octanol–water partition coefficient (Wildman–Crippen LogP) is 5.49. The molecule has 4 rings (SSSR count). The molecule has 0 fully saturated rings. The topological polar surface area (TPSA) is 126 Å². The highest BCUT2D eigenvalue weighted by Crippen LogP contribution is 2.30. The molecule has 12 heteroatoms. The zero-order chi connectivity index (χ0) is 29.6. The van der Waals surface area contributed by atoms with Gasteiger partial charge in [-0.15, -0.1) is 0 Å². The van der Waals surface area contributed by atoms with Crippen LogP contribution >= 0.6 is 0 Å². The Morgan fingerprint density at radius 3 is 2.29 bits per heavy atom. The fourth-order valence-electron chi connectivity index (χ4n) is 4.24. The molecule has 3 aromatic carbocycles. The van der Waals surface area contributed by atoms with E-state index in [9.17, 15) is 26.8 Å². The zero-order valence-electron chi connectivity index (χ0n) is 22.0. The summed E-state index contributed by atoms with van der Waals surface area (Å²) >= 11 is 0. The Hall–Kier alpha value is -4.84. The second-order valence-corrected chi connectivity index (χ2v) is 10.7. The molecule has 0 bridgehead atoms. The molecule has 1 unspecified atom stereocenters. The Balaban J connectivity index is 1.68. The highest BCUT2D eigenvalue weighted by molar-refractivity contribution is 7.90. The summed E-state index contributed by atoms with van der Waals surface area (Å²) in [5, 5.41) is 5.16. The molecular formula is C29H26F2N4O5S. The third kappa shape index (κ3) is 7.42. The van der Waals surface area contributed by atoms with Crippen molar-refractivity contribution in [3.05, 3.63) is 114 Å². The van der Waals surface area contributed by atoms with Crippen LogP contribution in [0.2, 0.25) is 0 Å². The van der Waals surface area contributed by atoms with Gasteiger partial charge in [-0.25, -0.2) is 31.5 Å². The number of sulfonamides is 1. The van der Waals surface area contributed by atoms with Crippen LogP contribution in [0.3, 0.4) is 0 Å². The van der Waals surface area contributed by atoms with Crippen molar-refractivity contribution >= 4 is 27.8 Å². The van der Waals surface area contributed by atoms with Crippen molar-refractivity contribution in [2.45, 2.75) is 24.3 Å². The smallest absolute Gasteiger partial charge is 0.411 e. The van der Waals surface area contributed by atoms with Gasteiger partial charge >= 0.3 is 12.1 Å². The van der Waals surface area contributed by atoms with E-state index < -0.39 is 39.8 Å². The standard InChI is InChI=1S/C29H26F2N4O5S/c1-18-6-3-4-8-26(18)41(38,39)35-28(36)34-25(16-19-14-21(30)17-22(31)15-19)27-24(7-5-13-32-27)20-9-11-23(12-10-20)33-29(37)40-2/h3-15,17,25H,16H2,1-2H3,(H,33,37)(H2,34,35,36). The molecule has 3 N–H and O–H groups in total. The number of pyridine rings is 1. The SMILES string of the molecule is COC(=O)Nc1ccc(-c2cccnc2C(Cc2cc(F)cc(F)c2)NC(=O)NS(=O)(=O)c2ccccc2C)cc1. The lowest BCUT2D eigenvalue weighted by Gasteiger charge is -2.22. The number of aryl methyl sites for hydroxylation is 1. The summed E-state index contributed by atoms with van der Waals surface area (Å²) in [6.45, 7) is 1.60. The van der Waals surface area contributed by atoms with Gasteiger partial charge in [0.25, 0.3) is 10.0 Å². The van der Waals surface area contributed by atoms with Crippen LogP contribution in [-0.4, -0.2) is 32.6 Å². The van der Waals surface area contributed by atoms with Crippen LogP contribution in [0.25, 0.3) is 11.1 Å². The predicted molar refractivity (Wildman–Crippen MR) is 149 cm³/mol. The highest BCUT2D eigenvalue weighted by atomic mass is 32.2. The molecule has 0 spiro atoms. The van der Waals surface area contributed by atoms with Crippen molar-refractivity contribution in [3.8, 4) is 11.1 Å². The molecule has 3 amide bonds. The van der Waals surface area contributed by atoms with Crippen LogP contribution in [-0.2, 0) is 21.2 Å². The van der Waals surface area contributed by atoms with E-state index in [4.69, 9.17) is 0 Å². The van der Waals surface area contributed by atoms with Crippen molar-refractivity contribution in [2.24, 2.45) is 0 Å². The average molecular weight is 581 g/mol. The van der Waals surface area contributed by atoms with Gasteiger partial charge in [0.2, 0.25) is 0 Å². The van der Waals surface area contributed by atoms with Crippen molar-refractivity contribution in [3.63, 3.8) is 0 Å². The number of nitrogens with zero attached hydrogens (tertiary/aromatic N) is 1. The second kappa shape index (κ2) is 12.6. The maximum absolute atomic E-state index is 14.0. The van der Waals surface area contributed by atoms with Gasteiger partial charge in [0.1, 0.15) is 11.6 Å². The van der Waals surface area contributed by atoms with E-state index in [1.54, 1.807) is 55.5 Å². The van der Waals surface area contributed by atoms with Crippen molar-refractivity contribution < 1.29 is 31.5 Å². The highest BCUT2D eigenvalue weighted by Gasteiger charge is 2.25. The summed E-state index contributed by atoms with van der Waals surface area (Å²) in [6, 6.07) is 17.1. The average Bonchev–Trinajstić information content (AvgIpc) is 2.92. The first-order valence-corrected chi connectivity index (χ1v) is 13.8. The van der Waals surface area contributed by atoms with Gasteiger partial charge < -0.3 is 10.1 Å². The van der Waals surface area contributed by atoms with Gasteiger partial charge in [-0.2, -0.15) is 0 Å². The first-order chi connectivity index (χ1) is 19.6. The first-order valence-electron chi connectivity index (χ1n) is 12.3. The Labute approximate surface area is 235 Å². The summed E-state index contributed by atoms with van der Waals surface area (Å²) in [5.74, 6) is -1.61. The Morgan fingerprint density at radius 1 is 0.951 bits per heavy atom. The monoisotopic (exact) mass is 580 g/mol. The molecule has 1 atom stereocenters. The number of amides is 3. The fourth-order valence-corrected chi connectivity index (χ4v) is 5.41. The van der Waals surface area contributed by atoms with E-state index in [0.717, 1.165) is 18.2 Å². The molecule has 212 valence electrons. The van der Waals surface area contributed by atoms with Gasteiger partial charge in [-0.05, 0) is 66.4 Å². The summed E-state index contributed by atoms with van der Waals surface area (Å²) in [4.78, 5) is 28.9. The third-order valence-corrected chi connectivity index (χ3v) is 7.57. The van der Waals surface area contributed by atoms with Gasteiger partial charge in [0.05, 0.1) is 23.7 Å². The maximum atomic E-state index is 14.0. The van der Waals surface area contributed by atoms with Crippen LogP contribution in [0.1, 0.15) is 22.9 Å². The Morgan fingerprint density at radius 2 is 1.63 bits per heavy atom. The lowest BCUT2D eigenvalue weighted by molar-refractivity contribution is 0.187. The van der Waals surface area contributed by atoms with Crippen LogP contribution in [0, 0.1) is 18.6 Å². The molecular weight excluding hydrogens is 554 g/mol. The number of halogens is 2. The number of rotatable bonds is 8. The molecule has 4 aromatic rings. The van der Waals surface area contributed by atoms with E-state index in [1.165, 1.54) is 25.4 Å². The minimum Gasteiger partial charge on any atom is -0.453 e. The molecule has 0 aliphatic rings. The normalized spacial score (nSPS) is 11.8. The quantitative estimate of drug-likeness (QED) is 0.253. The van der Waals surface area contributed by atoms with Crippen molar-refractivity contribution in [2.75, 3.05) is 12.4 Å². The number of carbonyl (C=O) groups excluding carboxylic acids is 2. The summed E-state index contributed by atoms with van der Waals surface area (Å²) < 4.78 is 60.5. The molecule has 0 radical (unpaired) electrons. The largest absolute Gasteiger partial charge is 0.453 e. The zero-order valence-corrected chi connectivity index (χ0v) is 22.8. The van der Waals surface area contributed by atoms with Crippen LogP contribution < -0.4 is 15.4 Å². The van der Waals surface area contributed by atoms with Crippen molar-refractivity contribution in [1.82, 2.24) is 15.0 Å². The molecule has 0 saturated carbocycles. The number of ether oxygens (including phenoxy) is 1. The van der Waals surface area contributed by atoms with Gasteiger partial charge in [-0.1, -0.05) is 36.4 Å². The van der Waals surface area contributed by atoms with Gasteiger partial charge in [0, 0.05) is 23.5 Å². The number of carbonyl (C=O) groups is 2. The third-order valence-electron chi connectivity index (χ3n) is 6.07. The molecule has 9 nitrogen and oxygen atoms in total. The number of aromatic nitrogens is 1. The number of methoxy groups -OCH3 is 1. The fraction of sp³-hybridized carbons (Fsp3) is 0.138. The summed E-state index contributed by atoms with van der Waals surface area (Å²) in [6.07, 6.45) is 0.728. The van der Waals surface area contributed by atoms with Crippen LogP contribution in [0.15, 0.2) is 90.0 Å². The molecule has 0 aliphatic carbocycles. The van der Waals surface area contributed by atoms with Crippen molar-refractivity contribution in [1.29, 1.82) is 0 Å². The van der Waals surface area contributed by atoms with Crippen LogP contribution in [0.4, 0.5) is 24.1 Å². The Bertz CT molecular complexity index is 1660. The minimum absolute atomic E-state index is 0.0712. The summed E-state index contributed by atoms with van der Waals surface area (Å²) in [7, 11) is -2.99. The van der Waals surface area contributed by atoms with E-state index in [2.05, 4.69) is 20.4 Å². The molecule has 1 heterocycles. The lowest BCUT2D eigenvalue weighted by Crippen LogP contribution is -2.42. The van der Waals surface area contributed by atoms with E-state index in [0.29, 0.717) is 28.1 Å². The molecule has 0 aliphatic heterocycles. The van der Waals surface area contributed by atoms with E-state index in [-0.39, 0.29) is 16.9 Å². The number of hydrogen-bond acceptors (Lipinski definition) is 6. The molecule has 41 heavy (non-hydrogen) atoms. The number of nitrogens with one attached hydrogen (secondary N) is 3. The van der Waals surface area contributed by atoms with Crippen LogP contribution in [0.5, 0.6) is 0 Å². The van der Waals surface area contributed by atoms with E-state index >= 15 is 0 Å². The Kier molecular flexibility index (Phi) is 8.93. The minimum atomic E-state index is -4.23. The number of anilines is 1. The van der Waals surface area contributed by atoms with E-state index in [1.807, 2.05) is 4.72 Å². The number of urea groups is 1. The second-order valence-electron chi connectivity index (χ2n) is 9.01. The van der Waals surface area contributed by atoms with Gasteiger partial charge in [0.15, 0.2) is 0 Å². The lowest BCUT2D eigenvalue weighted by atomic mass is 9.95.